The minimum absolute atomic E-state index is 0.639. The molecule has 0 radical (unpaired) electrons. The molecule has 0 atom stereocenters. The molecule has 0 spiro atoms. The summed E-state index contributed by atoms with van der Waals surface area (Å²) in [5.74, 6) is -0.639. The molecule has 0 amide bonds. The first-order valence-electron chi connectivity index (χ1n) is 6.41. The highest BCUT2D eigenvalue weighted by Gasteiger charge is 2.35. The lowest BCUT2D eigenvalue weighted by Crippen LogP contribution is -2.23. The van der Waals surface area contributed by atoms with E-state index in [9.17, 15) is 0 Å². The van der Waals surface area contributed by atoms with Crippen LogP contribution in [-0.4, -0.2) is 22.8 Å². The third kappa shape index (κ3) is 1.64. The van der Waals surface area contributed by atoms with Crippen LogP contribution in [0.3, 0.4) is 0 Å². The average molecular weight is 246 g/mol. The van der Waals surface area contributed by atoms with Crippen molar-refractivity contribution < 1.29 is 9.47 Å². The van der Waals surface area contributed by atoms with Crippen LogP contribution in [-0.2, 0) is 21.7 Å². The molecular weight excluding hydrogens is 228 g/mol. The van der Waals surface area contributed by atoms with Crippen molar-refractivity contribution in [3.8, 4) is 0 Å². The maximum Gasteiger partial charge on any atom is 0.194 e. The lowest BCUT2D eigenvalue weighted by Gasteiger charge is -2.23. The molecule has 2 aromatic rings. The van der Waals surface area contributed by atoms with Gasteiger partial charge in [-0.25, -0.2) is 4.52 Å². The van der Waals surface area contributed by atoms with Crippen LogP contribution in [0.2, 0.25) is 0 Å². The largest absolute Gasteiger partial charge is 0.344 e. The Kier molecular flexibility index (Phi) is 2.64. The fourth-order valence-corrected chi connectivity index (χ4v) is 2.48. The fourth-order valence-electron chi connectivity index (χ4n) is 2.48. The van der Waals surface area contributed by atoms with Crippen molar-refractivity contribution in [1.29, 1.82) is 0 Å². The molecule has 0 bridgehead atoms. The number of fused-ring (bicyclic) bond motifs is 1. The van der Waals surface area contributed by atoms with E-state index in [0.717, 1.165) is 28.9 Å². The summed E-state index contributed by atoms with van der Waals surface area (Å²) in [6.07, 6.45) is 0.930. The van der Waals surface area contributed by atoms with E-state index in [4.69, 9.17) is 9.47 Å². The van der Waals surface area contributed by atoms with Gasteiger partial charge >= 0.3 is 0 Å². The highest BCUT2D eigenvalue weighted by molar-refractivity contribution is 5.58. The van der Waals surface area contributed by atoms with Crippen LogP contribution >= 0.6 is 0 Å². The zero-order valence-corrected chi connectivity index (χ0v) is 11.1. The lowest BCUT2D eigenvalue weighted by molar-refractivity contribution is -0.148. The Bertz CT molecular complexity index is 583. The summed E-state index contributed by atoms with van der Waals surface area (Å²) in [7, 11) is 0. The third-order valence-corrected chi connectivity index (χ3v) is 3.55. The van der Waals surface area contributed by atoms with E-state index in [1.165, 1.54) is 0 Å². The number of aryl methyl sites for hydroxylation is 2. The van der Waals surface area contributed by atoms with Gasteiger partial charge in [-0.2, -0.15) is 5.10 Å². The van der Waals surface area contributed by atoms with Crippen LogP contribution in [0.4, 0.5) is 0 Å². The minimum atomic E-state index is -0.639. The summed E-state index contributed by atoms with van der Waals surface area (Å²) in [5, 5.41) is 4.60. The normalized spacial score (nSPS) is 18.6. The summed E-state index contributed by atoms with van der Waals surface area (Å²) in [6.45, 7) is 7.43. The van der Waals surface area contributed by atoms with Crippen molar-refractivity contribution in [1.82, 2.24) is 9.61 Å². The number of pyridine rings is 1. The lowest BCUT2D eigenvalue weighted by atomic mass is 10.1. The maximum absolute atomic E-state index is 5.75. The molecule has 4 heteroatoms. The van der Waals surface area contributed by atoms with Gasteiger partial charge in [-0.1, -0.05) is 6.92 Å². The Labute approximate surface area is 107 Å². The van der Waals surface area contributed by atoms with Gasteiger partial charge < -0.3 is 9.47 Å². The summed E-state index contributed by atoms with van der Waals surface area (Å²) < 4.78 is 13.5. The van der Waals surface area contributed by atoms with E-state index >= 15 is 0 Å². The Morgan fingerprint density at radius 1 is 1.33 bits per heavy atom. The van der Waals surface area contributed by atoms with E-state index in [2.05, 4.69) is 37.1 Å². The second-order valence-corrected chi connectivity index (χ2v) is 4.82. The van der Waals surface area contributed by atoms with Crippen LogP contribution in [0.1, 0.15) is 30.8 Å². The molecule has 2 aromatic heterocycles. The Balaban J connectivity index is 2.23. The van der Waals surface area contributed by atoms with Crippen molar-refractivity contribution in [3.63, 3.8) is 0 Å². The standard InChI is InChI=1S/C14H18N2O2/c1-4-11-9-13-12(14(3)17-7-8-18-14)6-5-10(2)16(13)15-11/h5-6,9H,4,7-8H2,1-3H3. The number of ether oxygens (including phenoxy) is 2. The van der Waals surface area contributed by atoms with Gasteiger partial charge in [0.25, 0.3) is 0 Å². The number of nitrogens with zero attached hydrogens (tertiary/aromatic N) is 2. The molecule has 0 aliphatic carbocycles. The number of rotatable bonds is 2. The van der Waals surface area contributed by atoms with Gasteiger partial charge in [0.15, 0.2) is 5.79 Å². The fraction of sp³-hybridized carbons (Fsp3) is 0.500. The summed E-state index contributed by atoms with van der Waals surface area (Å²) in [6, 6.07) is 6.26. The highest BCUT2D eigenvalue weighted by atomic mass is 16.7. The van der Waals surface area contributed by atoms with E-state index in [0.29, 0.717) is 13.2 Å². The predicted octanol–water partition coefficient (Wildman–Crippen LogP) is 2.42. The first-order valence-corrected chi connectivity index (χ1v) is 6.41. The number of hydrogen-bond acceptors (Lipinski definition) is 3. The van der Waals surface area contributed by atoms with Gasteiger partial charge in [-0.15, -0.1) is 0 Å². The molecule has 0 N–H and O–H groups in total. The van der Waals surface area contributed by atoms with E-state index in [1.54, 1.807) is 0 Å². The van der Waals surface area contributed by atoms with Crippen LogP contribution in [0.15, 0.2) is 18.2 Å². The molecule has 0 saturated carbocycles. The molecule has 0 aromatic carbocycles. The van der Waals surface area contributed by atoms with Gasteiger partial charge in [0.1, 0.15) is 0 Å². The smallest absolute Gasteiger partial charge is 0.194 e. The first kappa shape index (κ1) is 11.7. The zero-order valence-electron chi connectivity index (χ0n) is 11.1. The van der Waals surface area contributed by atoms with E-state index in [-0.39, 0.29) is 0 Å². The van der Waals surface area contributed by atoms with Crippen molar-refractivity contribution in [3.05, 3.63) is 35.2 Å². The molecule has 3 rings (SSSR count). The van der Waals surface area contributed by atoms with Gasteiger partial charge in [0, 0.05) is 11.3 Å². The second-order valence-electron chi connectivity index (χ2n) is 4.82. The molecule has 4 nitrogen and oxygen atoms in total. The number of hydrogen-bond donors (Lipinski definition) is 0. The summed E-state index contributed by atoms with van der Waals surface area (Å²) in [4.78, 5) is 0. The molecule has 3 heterocycles. The van der Waals surface area contributed by atoms with E-state index in [1.807, 2.05) is 11.4 Å². The van der Waals surface area contributed by atoms with Gasteiger partial charge in [0.2, 0.25) is 0 Å². The molecule has 1 aliphatic rings. The zero-order chi connectivity index (χ0) is 12.8. The molecule has 18 heavy (non-hydrogen) atoms. The molecular formula is C14H18N2O2. The summed E-state index contributed by atoms with van der Waals surface area (Å²) in [5.41, 5.74) is 4.34. The summed E-state index contributed by atoms with van der Waals surface area (Å²) >= 11 is 0. The average Bonchev–Trinajstić information content (AvgIpc) is 2.96. The van der Waals surface area contributed by atoms with Gasteiger partial charge in [-0.3, -0.25) is 0 Å². The second kappa shape index (κ2) is 4.07. The Morgan fingerprint density at radius 3 is 2.72 bits per heavy atom. The van der Waals surface area contributed by atoms with Gasteiger partial charge in [0.05, 0.1) is 24.4 Å². The SMILES string of the molecule is CCc1cc2c(C3(C)OCCO3)ccc(C)n2n1. The maximum atomic E-state index is 5.75. The molecule has 1 aliphatic heterocycles. The quantitative estimate of drug-likeness (QED) is 0.816. The van der Waals surface area contributed by atoms with Crippen LogP contribution in [0.5, 0.6) is 0 Å². The number of aromatic nitrogens is 2. The van der Waals surface area contributed by atoms with Gasteiger partial charge in [-0.05, 0) is 38.5 Å². The molecule has 96 valence electrons. The Hall–Kier alpha value is -1.39. The van der Waals surface area contributed by atoms with Crippen molar-refractivity contribution >= 4 is 5.52 Å². The topological polar surface area (TPSA) is 35.8 Å². The van der Waals surface area contributed by atoms with Crippen LogP contribution in [0, 0.1) is 6.92 Å². The molecule has 1 fully saturated rings. The van der Waals surface area contributed by atoms with E-state index < -0.39 is 5.79 Å². The Morgan fingerprint density at radius 2 is 2.06 bits per heavy atom. The monoisotopic (exact) mass is 246 g/mol. The molecule has 0 unspecified atom stereocenters. The van der Waals surface area contributed by atoms with Crippen molar-refractivity contribution in [2.24, 2.45) is 0 Å². The van der Waals surface area contributed by atoms with Crippen LogP contribution in [0.25, 0.3) is 5.52 Å². The highest BCUT2D eigenvalue weighted by Crippen LogP contribution is 2.34. The minimum Gasteiger partial charge on any atom is -0.344 e. The van der Waals surface area contributed by atoms with Crippen molar-refractivity contribution in [2.75, 3.05) is 13.2 Å². The third-order valence-electron chi connectivity index (χ3n) is 3.55. The predicted molar refractivity (Wildman–Crippen MR) is 68.6 cm³/mol. The van der Waals surface area contributed by atoms with Crippen LogP contribution < -0.4 is 0 Å². The first-order chi connectivity index (χ1) is 8.64. The van der Waals surface area contributed by atoms with Crippen molar-refractivity contribution in [2.45, 2.75) is 33.0 Å². The molecule has 1 saturated heterocycles.